The summed E-state index contributed by atoms with van der Waals surface area (Å²) in [5.41, 5.74) is 2.28. The number of carbonyl (C=O) groups is 2. The second-order valence-electron chi connectivity index (χ2n) is 7.27. The zero-order chi connectivity index (χ0) is 20.7. The van der Waals surface area contributed by atoms with Gasteiger partial charge in [0.25, 0.3) is 11.7 Å². The number of aliphatic hydroxyl groups excluding tert-OH is 1. The summed E-state index contributed by atoms with van der Waals surface area (Å²) in [6.07, 6.45) is 1.51. The molecule has 3 heterocycles. The Morgan fingerprint density at radius 3 is 2.55 bits per heavy atom. The Morgan fingerprint density at radius 1 is 1.10 bits per heavy atom. The van der Waals surface area contributed by atoms with Crippen molar-refractivity contribution in [1.82, 2.24) is 4.90 Å². The van der Waals surface area contributed by atoms with Crippen LogP contribution in [0.5, 0.6) is 0 Å². The Bertz CT molecular complexity index is 1120. The van der Waals surface area contributed by atoms with E-state index in [9.17, 15) is 14.7 Å². The highest BCUT2D eigenvalue weighted by Crippen LogP contribution is 2.41. The Hall–Kier alpha value is -3.54. The van der Waals surface area contributed by atoms with Crippen molar-refractivity contribution in [2.45, 2.75) is 33.4 Å². The van der Waals surface area contributed by atoms with Gasteiger partial charge < -0.3 is 18.8 Å². The number of amides is 1. The number of nitrogens with zero attached hydrogens (tertiary/aromatic N) is 1. The Morgan fingerprint density at radius 2 is 1.90 bits per heavy atom. The van der Waals surface area contributed by atoms with Crippen LogP contribution in [0.15, 0.2) is 63.1 Å². The van der Waals surface area contributed by atoms with Gasteiger partial charge in [-0.2, -0.15) is 0 Å². The molecule has 1 saturated heterocycles. The Balaban J connectivity index is 1.89. The number of aliphatic hydroxyl groups is 1. The number of hydrogen-bond donors (Lipinski definition) is 1. The summed E-state index contributed by atoms with van der Waals surface area (Å²) in [4.78, 5) is 27.2. The Kier molecular flexibility index (Phi) is 4.62. The number of hydrogen-bond acceptors (Lipinski definition) is 5. The summed E-state index contributed by atoms with van der Waals surface area (Å²) in [6.45, 7) is 5.62. The minimum absolute atomic E-state index is 0.0182. The molecule has 0 saturated carbocycles. The molecule has 0 spiro atoms. The molecule has 1 aliphatic heterocycles. The maximum atomic E-state index is 13.0. The molecule has 0 aliphatic carbocycles. The average molecular weight is 391 g/mol. The molecule has 2 aromatic heterocycles. The van der Waals surface area contributed by atoms with Crippen molar-refractivity contribution < 1.29 is 23.5 Å². The number of benzene rings is 1. The molecule has 29 heavy (non-hydrogen) atoms. The summed E-state index contributed by atoms with van der Waals surface area (Å²) in [7, 11) is 0. The molecule has 1 aliphatic rings. The number of likely N-dealkylation sites (tertiary alicyclic amines) is 1. The lowest BCUT2D eigenvalue weighted by atomic mass is 9.96. The van der Waals surface area contributed by atoms with Crippen LogP contribution in [0.1, 0.15) is 40.0 Å². The first-order chi connectivity index (χ1) is 13.9. The lowest BCUT2D eigenvalue weighted by molar-refractivity contribution is -0.140. The molecule has 6 heteroatoms. The molecule has 1 aromatic carbocycles. The fraction of sp³-hybridized carbons (Fsp3) is 0.217. The summed E-state index contributed by atoms with van der Waals surface area (Å²) in [5.74, 6) is -0.0470. The first kappa shape index (κ1) is 18.8. The van der Waals surface area contributed by atoms with E-state index in [1.807, 2.05) is 26.0 Å². The average Bonchev–Trinajstić information content (AvgIpc) is 3.40. The number of Topliss-reactive ketones (excluding diaryl/α,β-unsaturated/α-hetero) is 1. The fourth-order valence-corrected chi connectivity index (χ4v) is 3.65. The van der Waals surface area contributed by atoms with Gasteiger partial charge in [-0.15, -0.1) is 0 Å². The van der Waals surface area contributed by atoms with E-state index in [4.69, 9.17) is 8.83 Å². The lowest BCUT2D eigenvalue weighted by Gasteiger charge is -2.22. The number of aryl methyl sites for hydroxylation is 3. The maximum absolute atomic E-state index is 13.0. The van der Waals surface area contributed by atoms with E-state index in [1.165, 1.54) is 11.2 Å². The first-order valence-corrected chi connectivity index (χ1v) is 9.31. The van der Waals surface area contributed by atoms with Gasteiger partial charge in [-0.1, -0.05) is 17.7 Å². The molecule has 1 atom stereocenters. The van der Waals surface area contributed by atoms with Crippen LogP contribution in [0.3, 0.4) is 0 Å². The van der Waals surface area contributed by atoms with Crippen LogP contribution in [-0.4, -0.2) is 21.7 Å². The van der Waals surface area contributed by atoms with Crippen molar-refractivity contribution in [2.75, 3.05) is 0 Å². The molecular formula is C23H21NO5. The van der Waals surface area contributed by atoms with Crippen LogP contribution in [0.2, 0.25) is 0 Å². The third-order valence-electron chi connectivity index (χ3n) is 5.13. The van der Waals surface area contributed by atoms with E-state index in [1.54, 1.807) is 37.3 Å². The van der Waals surface area contributed by atoms with Crippen LogP contribution >= 0.6 is 0 Å². The fourth-order valence-electron chi connectivity index (χ4n) is 3.65. The lowest BCUT2D eigenvalue weighted by Crippen LogP contribution is -2.28. The molecule has 1 N–H and O–H groups in total. The van der Waals surface area contributed by atoms with Crippen molar-refractivity contribution in [3.63, 3.8) is 0 Å². The van der Waals surface area contributed by atoms with Gasteiger partial charge in [-0.05, 0) is 56.7 Å². The minimum atomic E-state index is -0.839. The highest BCUT2D eigenvalue weighted by Gasteiger charge is 2.48. The smallest absolute Gasteiger partial charge is 0.296 e. The second kappa shape index (κ2) is 7.13. The molecule has 1 fully saturated rings. The largest absolute Gasteiger partial charge is 0.507 e. The normalized spacial score (nSPS) is 18.6. The van der Waals surface area contributed by atoms with Crippen LogP contribution in [-0.2, 0) is 16.1 Å². The molecular weight excluding hydrogens is 370 g/mol. The van der Waals surface area contributed by atoms with Gasteiger partial charge in [0.05, 0.1) is 18.4 Å². The number of furan rings is 2. The van der Waals surface area contributed by atoms with Gasteiger partial charge in [0.2, 0.25) is 0 Å². The van der Waals surface area contributed by atoms with E-state index < -0.39 is 17.7 Å². The van der Waals surface area contributed by atoms with Crippen LogP contribution in [0.4, 0.5) is 0 Å². The first-order valence-electron chi connectivity index (χ1n) is 9.31. The topological polar surface area (TPSA) is 83.9 Å². The van der Waals surface area contributed by atoms with Crippen molar-refractivity contribution in [2.24, 2.45) is 0 Å². The summed E-state index contributed by atoms with van der Waals surface area (Å²) >= 11 is 0. The summed E-state index contributed by atoms with van der Waals surface area (Å²) in [5, 5.41) is 11.1. The molecule has 1 amide bonds. The quantitative estimate of drug-likeness (QED) is 0.404. The molecule has 0 radical (unpaired) electrons. The summed E-state index contributed by atoms with van der Waals surface area (Å²) < 4.78 is 11.1. The van der Waals surface area contributed by atoms with E-state index >= 15 is 0 Å². The van der Waals surface area contributed by atoms with Gasteiger partial charge in [-0.25, -0.2) is 0 Å². The second-order valence-corrected chi connectivity index (χ2v) is 7.27. The standard InChI is InChI=1S/C23H21NO5/c1-13-6-7-14(2)17(11-13)21(25)19-20(18-9-8-15(3)29-18)24(23(27)22(19)26)12-16-5-4-10-28-16/h4-11,20,25H,12H2,1-3H3. The molecule has 1 unspecified atom stereocenters. The molecule has 6 nitrogen and oxygen atoms in total. The van der Waals surface area contributed by atoms with Gasteiger partial charge in [0, 0.05) is 5.56 Å². The highest BCUT2D eigenvalue weighted by molar-refractivity contribution is 6.46. The predicted molar refractivity (Wildman–Crippen MR) is 106 cm³/mol. The highest BCUT2D eigenvalue weighted by atomic mass is 16.3. The van der Waals surface area contributed by atoms with Crippen molar-refractivity contribution in [1.29, 1.82) is 0 Å². The SMILES string of the molecule is Cc1ccc(C)c(C(O)=C2C(=O)C(=O)N(Cc3ccco3)C2c2ccc(C)o2)c1. The molecule has 3 aromatic rings. The number of carbonyl (C=O) groups excluding carboxylic acids is 2. The van der Waals surface area contributed by atoms with Crippen molar-refractivity contribution in [3.8, 4) is 0 Å². The predicted octanol–water partition coefficient (Wildman–Crippen LogP) is 4.42. The molecule has 0 bridgehead atoms. The Labute approximate surface area is 168 Å². The minimum Gasteiger partial charge on any atom is -0.507 e. The van der Waals surface area contributed by atoms with Crippen LogP contribution in [0.25, 0.3) is 5.76 Å². The maximum Gasteiger partial charge on any atom is 0.296 e. The summed E-state index contributed by atoms with van der Waals surface area (Å²) in [6, 6.07) is 11.7. The van der Waals surface area contributed by atoms with Crippen LogP contribution < -0.4 is 0 Å². The van der Waals surface area contributed by atoms with Gasteiger partial charge in [0.15, 0.2) is 0 Å². The van der Waals surface area contributed by atoms with E-state index in [2.05, 4.69) is 0 Å². The third kappa shape index (κ3) is 3.27. The van der Waals surface area contributed by atoms with Gasteiger partial charge >= 0.3 is 0 Å². The monoisotopic (exact) mass is 391 g/mol. The molecule has 4 rings (SSSR count). The number of ketones is 1. The van der Waals surface area contributed by atoms with Crippen LogP contribution in [0, 0.1) is 20.8 Å². The van der Waals surface area contributed by atoms with Crippen molar-refractivity contribution in [3.05, 3.63) is 88.3 Å². The van der Waals surface area contributed by atoms with E-state index in [0.29, 0.717) is 22.8 Å². The van der Waals surface area contributed by atoms with Gasteiger partial charge in [-0.3, -0.25) is 9.59 Å². The number of rotatable bonds is 4. The molecule has 148 valence electrons. The van der Waals surface area contributed by atoms with E-state index in [-0.39, 0.29) is 17.9 Å². The third-order valence-corrected chi connectivity index (χ3v) is 5.13. The zero-order valence-electron chi connectivity index (χ0n) is 16.4. The van der Waals surface area contributed by atoms with Gasteiger partial charge in [0.1, 0.15) is 29.1 Å². The van der Waals surface area contributed by atoms with E-state index in [0.717, 1.165) is 11.1 Å². The van der Waals surface area contributed by atoms with Crippen molar-refractivity contribution >= 4 is 17.4 Å². The zero-order valence-corrected chi connectivity index (χ0v) is 16.4.